The summed E-state index contributed by atoms with van der Waals surface area (Å²) in [5.41, 5.74) is 2.87. The van der Waals surface area contributed by atoms with Gasteiger partial charge in [-0.3, -0.25) is 9.78 Å². The molecule has 0 amide bonds. The summed E-state index contributed by atoms with van der Waals surface area (Å²) in [6.45, 7) is 13.8. The highest BCUT2D eigenvalue weighted by Crippen LogP contribution is 2.33. The van der Waals surface area contributed by atoms with Crippen LogP contribution in [0.1, 0.15) is 117 Å². The summed E-state index contributed by atoms with van der Waals surface area (Å²) in [7, 11) is 0. The van der Waals surface area contributed by atoms with Crippen LogP contribution in [0.3, 0.4) is 0 Å². The van der Waals surface area contributed by atoms with E-state index in [-0.39, 0.29) is 10.8 Å². The van der Waals surface area contributed by atoms with E-state index < -0.39 is 0 Å². The minimum absolute atomic E-state index is 0.134. The van der Waals surface area contributed by atoms with E-state index >= 15 is 0 Å². The molecule has 0 saturated carbocycles. The van der Waals surface area contributed by atoms with Gasteiger partial charge in [-0.1, -0.05) is 117 Å². The second-order valence-corrected chi connectivity index (χ2v) is 10.6. The maximum absolute atomic E-state index is 5.75. The van der Waals surface area contributed by atoms with Crippen LogP contribution < -0.4 is 9.78 Å². The van der Waals surface area contributed by atoms with Crippen LogP contribution in [0.4, 0.5) is 0 Å². The number of unbranched alkanes of at least 4 members (excludes halogenated alkanes) is 6. The SMILES string of the molecule is CCCCCCC(C)(C)c1cccc(OOc2cccc(C(C)(C)CCCCCC)c2)c1. The van der Waals surface area contributed by atoms with E-state index in [9.17, 15) is 0 Å². The van der Waals surface area contributed by atoms with Gasteiger partial charge in [-0.2, -0.15) is 0 Å². The van der Waals surface area contributed by atoms with E-state index in [1.807, 2.05) is 12.1 Å². The van der Waals surface area contributed by atoms with Crippen LogP contribution in [0.15, 0.2) is 48.5 Å². The van der Waals surface area contributed by atoms with Crippen molar-refractivity contribution < 1.29 is 9.78 Å². The Morgan fingerprint density at radius 1 is 0.562 bits per heavy atom. The Morgan fingerprint density at radius 2 is 0.969 bits per heavy atom. The summed E-state index contributed by atoms with van der Waals surface area (Å²) < 4.78 is 0. The molecule has 2 aromatic carbocycles. The average Bonchev–Trinajstić information content (AvgIpc) is 2.79. The van der Waals surface area contributed by atoms with Crippen LogP contribution >= 0.6 is 0 Å². The van der Waals surface area contributed by atoms with Gasteiger partial charge in [0.15, 0.2) is 11.5 Å². The van der Waals surface area contributed by atoms with Gasteiger partial charge in [0.05, 0.1) is 0 Å². The molecule has 0 aliphatic rings. The second-order valence-electron chi connectivity index (χ2n) is 10.6. The van der Waals surface area contributed by atoms with Crippen molar-refractivity contribution in [2.75, 3.05) is 0 Å². The Morgan fingerprint density at radius 3 is 1.34 bits per heavy atom. The van der Waals surface area contributed by atoms with Crippen LogP contribution in [0.25, 0.3) is 0 Å². The second kappa shape index (κ2) is 12.9. The third kappa shape index (κ3) is 8.52. The van der Waals surface area contributed by atoms with Crippen molar-refractivity contribution in [2.24, 2.45) is 0 Å². The van der Waals surface area contributed by atoms with Crippen molar-refractivity contribution in [3.63, 3.8) is 0 Å². The lowest BCUT2D eigenvalue weighted by atomic mass is 9.80. The quantitative estimate of drug-likeness (QED) is 0.156. The van der Waals surface area contributed by atoms with Gasteiger partial charge in [0.25, 0.3) is 0 Å². The highest BCUT2D eigenvalue weighted by Gasteiger charge is 2.22. The first-order chi connectivity index (χ1) is 15.3. The van der Waals surface area contributed by atoms with Gasteiger partial charge in [-0.05, 0) is 59.1 Å². The molecule has 2 nitrogen and oxygen atoms in total. The smallest absolute Gasteiger partial charge is 0.178 e. The molecule has 2 heteroatoms. The first-order valence-electron chi connectivity index (χ1n) is 12.8. The summed E-state index contributed by atoms with van der Waals surface area (Å²) in [4.78, 5) is 11.5. The van der Waals surface area contributed by atoms with Crippen LogP contribution in [-0.4, -0.2) is 0 Å². The largest absolute Gasteiger partial charge is 0.290 e. The molecule has 0 saturated heterocycles. The molecule has 2 aromatic rings. The van der Waals surface area contributed by atoms with Gasteiger partial charge in [-0.25, -0.2) is 0 Å². The van der Waals surface area contributed by atoms with E-state index in [1.165, 1.54) is 75.3 Å². The zero-order valence-electron chi connectivity index (χ0n) is 21.5. The van der Waals surface area contributed by atoms with Gasteiger partial charge in [0.1, 0.15) is 0 Å². The number of hydrogen-bond acceptors (Lipinski definition) is 2. The number of rotatable bonds is 15. The lowest BCUT2D eigenvalue weighted by Crippen LogP contribution is -2.17. The van der Waals surface area contributed by atoms with E-state index in [0.717, 1.165) is 11.5 Å². The fourth-order valence-corrected chi connectivity index (χ4v) is 4.31. The van der Waals surface area contributed by atoms with E-state index in [0.29, 0.717) is 0 Å². The summed E-state index contributed by atoms with van der Waals surface area (Å²) in [5, 5.41) is 0. The Bertz CT molecular complexity index is 723. The van der Waals surface area contributed by atoms with Gasteiger partial charge in [0.2, 0.25) is 0 Å². The highest BCUT2D eigenvalue weighted by molar-refractivity contribution is 5.35. The van der Waals surface area contributed by atoms with E-state index in [1.54, 1.807) is 0 Å². The predicted octanol–water partition coefficient (Wildman–Crippen LogP) is 9.56. The lowest BCUT2D eigenvalue weighted by molar-refractivity contribution is -0.100. The molecule has 178 valence electrons. The lowest BCUT2D eigenvalue weighted by Gasteiger charge is -2.26. The van der Waals surface area contributed by atoms with Crippen molar-refractivity contribution in [1.82, 2.24) is 0 Å². The Hall–Kier alpha value is -1.96. The van der Waals surface area contributed by atoms with Crippen molar-refractivity contribution in [2.45, 2.75) is 117 Å². The fourth-order valence-electron chi connectivity index (χ4n) is 4.31. The Kier molecular flexibility index (Phi) is 10.6. The summed E-state index contributed by atoms with van der Waals surface area (Å²) >= 11 is 0. The Labute approximate surface area is 197 Å². The molecule has 0 atom stereocenters. The highest BCUT2D eigenvalue weighted by atomic mass is 17.2. The van der Waals surface area contributed by atoms with Crippen molar-refractivity contribution in [3.05, 3.63) is 59.7 Å². The third-order valence-electron chi connectivity index (χ3n) is 6.78. The van der Waals surface area contributed by atoms with E-state index in [4.69, 9.17) is 9.78 Å². The molecule has 0 radical (unpaired) electrons. The van der Waals surface area contributed by atoms with Crippen molar-refractivity contribution in [1.29, 1.82) is 0 Å². The molecule has 0 aromatic heterocycles. The number of hydrogen-bond donors (Lipinski definition) is 0. The summed E-state index contributed by atoms with van der Waals surface area (Å²) in [6.07, 6.45) is 12.7. The van der Waals surface area contributed by atoms with Crippen LogP contribution in [0, 0.1) is 0 Å². The average molecular weight is 439 g/mol. The molecular formula is C30H46O2. The molecule has 0 aliphatic heterocycles. The molecule has 0 aliphatic carbocycles. The molecular weight excluding hydrogens is 392 g/mol. The minimum Gasteiger partial charge on any atom is -0.290 e. The summed E-state index contributed by atoms with van der Waals surface area (Å²) in [5.74, 6) is 1.52. The molecule has 0 fully saturated rings. The zero-order chi connectivity index (χ0) is 23.5. The standard InChI is InChI=1S/C30H46O2/c1-7-9-11-13-21-29(3,4)25-17-15-19-27(23-25)31-32-28-20-16-18-26(24-28)30(5,6)22-14-12-10-8-2/h15-20,23-24H,7-14,21-22H2,1-6H3. The fraction of sp³-hybridized carbons (Fsp3) is 0.600. The predicted molar refractivity (Wildman–Crippen MR) is 138 cm³/mol. The van der Waals surface area contributed by atoms with E-state index in [2.05, 4.69) is 77.9 Å². The van der Waals surface area contributed by atoms with Gasteiger partial charge < -0.3 is 0 Å². The van der Waals surface area contributed by atoms with Gasteiger partial charge in [-0.15, -0.1) is 0 Å². The minimum atomic E-state index is 0.134. The molecule has 0 unspecified atom stereocenters. The molecule has 2 rings (SSSR count). The molecule has 0 bridgehead atoms. The molecule has 32 heavy (non-hydrogen) atoms. The first-order valence-corrected chi connectivity index (χ1v) is 12.8. The maximum atomic E-state index is 5.75. The van der Waals surface area contributed by atoms with Gasteiger partial charge >= 0.3 is 0 Å². The zero-order valence-corrected chi connectivity index (χ0v) is 21.5. The third-order valence-corrected chi connectivity index (χ3v) is 6.78. The normalized spacial score (nSPS) is 12.1. The van der Waals surface area contributed by atoms with Gasteiger partial charge in [0, 0.05) is 0 Å². The maximum Gasteiger partial charge on any atom is 0.178 e. The van der Waals surface area contributed by atoms with Crippen molar-refractivity contribution in [3.8, 4) is 11.5 Å². The Balaban J connectivity index is 1.97. The molecule has 0 spiro atoms. The van der Waals surface area contributed by atoms with Crippen LogP contribution in [-0.2, 0) is 10.8 Å². The number of benzene rings is 2. The summed E-state index contributed by atoms with van der Waals surface area (Å²) in [6, 6.07) is 16.7. The van der Waals surface area contributed by atoms with Crippen molar-refractivity contribution >= 4 is 0 Å². The van der Waals surface area contributed by atoms with Crippen LogP contribution in [0.5, 0.6) is 11.5 Å². The van der Waals surface area contributed by atoms with Crippen LogP contribution in [0.2, 0.25) is 0 Å². The molecule has 0 heterocycles. The monoisotopic (exact) mass is 438 g/mol. The molecule has 0 N–H and O–H groups in total. The first kappa shape index (κ1) is 26.3. The topological polar surface area (TPSA) is 18.5 Å².